The predicted molar refractivity (Wildman–Crippen MR) is 134 cm³/mol. The molecule has 0 bridgehead atoms. The average Bonchev–Trinajstić information content (AvgIpc) is 3.15. The lowest BCUT2D eigenvalue weighted by molar-refractivity contribution is -0.142. The molecule has 1 saturated heterocycles. The lowest BCUT2D eigenvalue weighted by Crippen LogP contribution is -2.39. The van der Waals surface area contributed by atoms with Crippen LogP contribution in [0.3, 0.4) is 0 Å². The lowest BCUT2D eigenvalue weighted by Gasteiger charge is -2.25. The monoisotopic (exact) mass is 471 g/mol. The Balaban J connectivity index is 1.40. The number of carboxylic acid groups (broad SMARTS) is 1. The number of nitrogens with two attached hydrogens (primary N) is 1. The molecule has 3 aromatic rings. The minimum Gasteiger partial charge on any atom is -0.491 e. The number of carbonyl (C=O) groups excluding carboxylic acids is 1. The number of benzene rings is 3. The first-order valence-electron chi connectivity index (χ1n) is 11.6. The van der Waals surface area contributed by atoms with Gasteiger partial charge in [-0.15, -0.1) is 0 Å². The normalized spacial score (nSPS) is 17.4. The molecule has 35 heavy (non-hydrogen) atoms. The molecular weight excluding hydrogens is 442 g/mol. The van der Waals surface area contributed by atoms with E-state index in [9.17, 15) is 14.7 Å². The minimum absolute atomic E-state index is 0.0362. The van der Waals surface area contributed by atoms with E-state index in [0.717, 1.165) is 16.7 Å². The molecule has 3 aromatic carbocycles. The van der Waals surface area contributed by atoms with E-state index in [4.69, 9.17) is 15.9 Å². The summed E-state index contributed by atoms with van der Waals surface area (Å²) in [5, 5.41) is 16.7. The van der Waals surface area contributed by atoms with E-state index in [1.807, 2.05) is 78.9 Å². The van der Waals surface area contributed by atoms with Crippen LogP contribution in [0.4, 0.5) is 0 Å². The highest BCUT2D eigenvalue weighted by molar-refractivity contribution is 5.95. The number of hydrogen-bond donors (Lipinski definition) is 3. The van der Waals surface area contributed by atoms with Crippen LogP contribution in [-0.2, 0) is 16.0 Å². The van der Waals surface area contributed by atoms with Gasteiger partial charge in [0.2, 0.25) is 5.91 Å². The number of nitrogens with zero attached hydrogens (tertiary/aromatic N) is 1. The summed E-state index contributed by atoms with van der Waals surface area (Å²) in [6, 6.07) is 24.9. The number of nitrogen functional groups attached to an aromatic ring is 1. The number of carboxylic acids is 1. The molecule has 4 N–H and O–H groups in total. The Morgan fingerprint density at radius 2 is 1.63 bits per heavy atom. The van der Waals surface area contributed by atoms with Crippen LogP contribution >= 0.6 is 0 Å². The number of hydrogen-bond acceptors (Lipinski definition) is 4. The van der Waals surface area contributed by atoms with Gasteiger partial charge in [-0.3, -0.25) is 15.0 Å². The molecule has 4 rings (SSSR count). The number of carbonyl (C=O) groups is 2. The Morgan fingerprint density at radius 3 is 2.23 bits per heavy atom. The van der Waals surface area contributed by atoms with Crippen LogP contribution in [0, 0.1) is 11.3 Å². The first-order valence-corrected chi connectivity index (χ1v) is 11.6. The van der Waals surface area contributed by atoms with Crippen LogP contribution in [0.25, 0.3) is 11.1 Å². The molecule has 0 radical (unpaired) electrons. The third kappa shape index (κ3) is 6.06. The Morgan fingerprint density at radius 1 is 1.00 bits per heavy atom. The molecule has 180 valence electrons. The van der Waals surface area contributed by atoms with Gasteiger partial charge in [-0.25, -0.2) is 0 Å². The highest BCUT2D eigenvalue weighted by Gasteiger charge is 2.40. The lowest BCUT2D eigenvalue weighted by atomic mass is 10.0. The van der Waals surface area contributed by atoms with Gasteiger partial charge in [-0.1, -0.05) is 66.7 Å². The molecule has 2 atom stereocenters. The molecule has 1 amide bonds. The largest absolute Gasteiger partial charge is 0.491 e. The fourth-order valence-corrected chi connectivity index (χ4v) is 4.48. The van der Waals surface area contributed by atoms with Gasteiger partial charge in [-0.05, 0) is 41.7 Å². The molecule has 1 aliphatic heterocycles. The van der Waals surface area contributed by atoms with Gasteiger partial charge in [-0.2, -0.15) is 0 Å². The first kappa shape index (κ1) is 24.0. The quantitative estimate of drug-likeness (QED) is 0.306. The zero-order valence-corrected chi connectivity index (χ0v) is 19.4. The van der Waals surface area contributed by atoms with E-state index >= 15 is 0 Å². The molecule has 1 fully saturated rings. The third-order valence-corrected chi connectivity index (χ3v) is 6.36. The van der Waals surface area contributed by atoms with Crippen LogP contribution < -0.4 is 10.5 Å². The Hall–Kier alpha value is -4.13. The van der Waals surface area contributed by atoms with E-state index in [1.54, 1.807) is 4.90 Å². The summed E-state index contributed by atoms with van der Waals surface area (Å²) in [6.45, 7) is 0.839. The first-order chi connectivity index (χ1) is 16.9. The van der Waals surface area contributed by atoms with Gasteiger partial charge in [0.05, 0.1) is 18.4 Å². The van der Waals surface area contributed by atoms with Gasteiger partial charge in [0, 0.05) is 12.1 Å². The summed E-state index contributed by atoms with van der Waals surface area (Å²) in [4.78, 5) is 26.0. The topological polar surface area (TPSA) is 117 Å². The van der Waals surface area contributed by atoms with Crippen molar-refractivity contribution < 1.29 is 19.4 Å². The summed E-state index contributed by atoms with van der Waals surface area (Å²) in [5.74, 6) is -0.862. The van der Waals surface area contributed by atoms with Crippen molar-refractivity contribution in [3.63, 3.8) is 0 Å². The van der Waals surface area contributed by atoms with Crippen molar-refractivity contribution in [1.29, 1.82) is 5.41 Å². The van der Waals surface area contributed by atoms with Crippen LogP contribution in [0.2, 0.25) is 0 Å². The van der Waals surface area contributed by atoms with E-state index < -0.39 is 11.9 Å². The van der Waals surface area contributed by atoms with E-state index in [0.29, 0.717) is 37.3 Å². The maximum absolute atomic E-state index is 12.9. The van der Waals surface area contributed by atoms with Gasteiger partial charge < -0.3 is 20.5 Å². The van der Waals surface area contributed by atoms with Crippen LogP contribution in [-0.4, -0.2) is 46.9 Å². The van der Waals surface area contributed by atoms with E-state index in [2.05, 4.69) is 0 Å². The third-order valence-electron chi connectivity index (χ3n) is 6.36. The smallest absolute Gasteiger partial charge is 0.304 e. The number of nitrogens with one attached hydrogen (secondary N) is 1. The zero-order chi connectivity index (χ0) is 24.8. The molecule has 0 aromatic heterocycles. The predicted octanol–water partition coefficient (Wildman–Crippen LogP) is 3.95. The van der Waals surface area contributed by atoms with Crippen molar-refractivity contribution in [1.82, 2.24) is 4.90 Å². The van der Waals surface area contributed by atoms with Gasteiger partial charge in [0.15, 0.2) is 0 Å². The van der Waals surface area contributed by atoms with Crippen LogP contribution in [0.5, 0.6) is 5.75 Å². The summed E-state index contributed by atoms with van der Waals surface area (Å²) in [5.41, 5.74) is 9.35. The second-order valence-electron chi connectivity index (χ2n) is 8.78. The molecule has 0 aliphatic carbocycles. The number of likely N-dealkylation sites (tertiary alicyclic amines) is 1. The molecule has 7 nitrogen and oxygen atoms in total. The summed E-state index contributed by atoms with van der Waals surface area (Å²) in [6.07, 6.45) is 1.02. The molecule has 1 heterocycles. The Bertz CT molecular complexity index is 1180. The highest BCUT2D eigenvalue weighted by Crippen LogP contribution is 2.29. The van der Waals surface area contributed by atoms with Gasteiger partial charge in [0.25, 0.3) is 0 Å². The van der Waals surface area contributed by atoms with E-state index in [-0.39, 0.29) is 24.2 Å². The van der Waals surface area contributed by atoms with Crippen molar-refractivity contribution in [2.45, 2.75) is 25.3 Å². The maximum Gasteiger partial charge on any atom is 0.304 e. The Labute approximate surface area is 204 Å². The number of amidine groups is 1. The standard InChI is InChI=1S/C28H29N3O4/c29-27(30)22-8-6-20(7-9-22)21-10-12-25(13-11-21)35-18-24-16-23(17-26(32)33)28(34)31(24)15-14-19-4-2-1-3-5-19/h1-13,23-24H,14-18H2,(H3,29,30)(H,32,33)/t23-,24-/m0/s1. The zero-order valence-electron chi connectivity index (χ0n) is 19.4. The van der Waals surface area contributed by atoms with Crippen LogP contribution in [0.1, 0.15) is 24.0 Å². The molecule has 0 unspecified atom stereocenters. The van der Waals surface area contributed by atoms with Crippen LogP contribution in [0.15, 0.2) is 78.9 Å². The molecule has 0 spiro atoms. The number of aliphatic carboxylic acids is 1. The highest BCUT2D eigenvalue weighted by atomic mass is 16.5. The van der Waals surface area contributed by atoms with Crippen molar-refractivity contribution in [2.24, 2.45) is 11.7 Å². The summed E-state index contributed by atoms with van der Waals surface area (Å²) < 4.78 is 6.03. The van der Waals surface area contributed by atoms with Crippen molar-refractivity contribution in [3.05, 3.63) is 90.0 Å². The maximum atomic E-state index is 12.9. The molecule has 1 aliphatic rings. The Kier molecular flexibility index (Phi) is 7.45. The molecule has 7 heteroatoms. The van der Waals surface area contributed by atoms with Crippen molar-refractivity contribution in [3.8, 4) is 16.9 Å². The van der Waals surface area contributed by atoms with Gasteiger partial charge in [0.1, 0.15) is 18.2 Å². The minimum atomic E-state index is -0.958. The fraction of sp³-hybridized carbons (Fsp3) is 0.250. The number of amides is 1. The molecular formula is C28H29N3O4. The second kappa shape index (κ2) is 10.9. The fourth-order valence-electron chi connectivity index (χ4n) is 4.48. The number of rotatable bonds is 10. The number of ether oxygens (including phenoxy) is 1. The summed E-state index contributed by atoms with van der Waals surface area (Å²) >= 11 is 0. The van der Waals surface area contributed by atoms with E-state index in [1.165, 1.54) is 0 Å². The molecule has 0 saturated carbocycles. The second-order valence-corrected chi connectivity index (χ2v) is 8.78. The van der Waals surface area contributed by atoms with Crippen molar-refractivity contribution >= 4 is 17.7 Å². The van der Waals surface area contributed by atoms with Gasteiger partial charge >= 0.3 is 5.97 Å². The SMILES string of the molecule is N=C(N)c1ccc(-c2ccc(OC[C@@H]3C[C@@H](CC(=O)O)C(=O)N3CCc3ccccc3)cc2)cc1. The average molecular weight is 472 g/mol. The van der Waals surface area contributed by atoms with Crippen molar-refractivity contribution in [2.75, 3.05) is 13.2 Å². The summed E-state index contributed by atoms with van der Waals surface area (Å²) in [7, 11) is 0.